The molecule has 0 aliphatic heterocycles. The van der Waals surface area contributed by atoms with Crippen molar-refractivity contribution < 1.29 is 0 Å². The van der Waals surface area contributed by atoms with Crippen molar-refractivity contribution in [1.29, 1.82) is 0 Å². The van der Waals surface area contributed by atoms with Crippen LogP contribution in [0.15, 0.2) is 16.8 Å². The number of hydrogen-bond acceptors (Lipinski definition) is 2. The van der Waals surface area contributed by atoms with Gasteiger partial charge in [0.15, 0.2) is 0 Å². The Morgan fingerprint density at radius 3 is 3.11 bits per heavy atom. The van der Waals surface area contributed by atoms with E-state index in [4.69, 9.17) is 5.73 Å². The van der Waals surface area contributed by atoms with Gasteiger partial charge in [-0.2, -0.15) is 11.3 Å². The quantitative estimate of drug-likeness (QED) is 0.531. The van der Waals surface area contributed by atoms with Gasteiger partial charge in [0.25, 0.3) is 0 Å². The predicted octanol–water partition coefficient (Wildman–Crippen LogP) is 1.06. The van der Waals surface area contributed by atoms with Crippen molar-refractivity contribution in [3.63, 3.8) is 0 Å². The summed E-state index contributed by atoms with van der Waals surface area (Å²) in [6, 6.07) is 1.98. The number of thiophene rings is 1. The van der Waals surface area contributed by atoms with Gasteiger partial charge in [0, 0.05) is 10.9 Å². The largest absolute Gasteiger partial charge is 0.320 e. The van der Waals surface area contributed by atoms with Crippen molar-refractivity contribution in [3.8, 4) is 11.8 Å². The summed E-state index contributed by atoms with van der Waals surface area (Å²) in [6.45, 7) is 0.440. The van der Waals surface area contributed by atoms with E-state index in [1.165, 1.54) is 0 Å². The van der Waals surface area contributed by atoms with E-state index in [-0.39, 0.29) is 0 Å². The molecule has 1 aromatic rings. The third-order valence-corrected chi connectivity index (χ3v) is 1.54. The third kappa shape index (κ3) is 1.88. The van der Waals surface area contributed by atoms with Crippen LogP contribution in [0.25, 0.3) is 0 Å². The zero-order valence-corrected chi connectivity index (χ0v) is 5.74. The van der Waals surface area contributed by atoms with E-state index < -0.39 is 0 Å². The average Bonchev–Trinajstić information content (AvgIpc) is 2.34. The molecule has 2 N–H and O–H groups in total. The summed E-state index contributed by atoms with van der Waals surface area (Å²) in [5.41, 5.74) is 6.24. The first kappa shape index (κ1) is 6.34. The first-order valence-corrected chi connectivity index (χ1v) is 3.59. The van der Waals surface area contributed by atoms with Crippen LogP contribution in [-0.2, 0) is 0 Å². The fraction of sp³-hybridized carbons (Fsp3) is 0.143. The highest BCUT2D eigenvalue weighted by atomic mass is 32.1. The molecule has 0 saturated heterocycles. The Kier molecular flexibility index (Phi) is 2.32. The van der Waals surface area contributed by atoms with Crippen molar-refractivity contribution in [3.05, 3.63) is 22.4 Å². The monoisotopic (exact) mass is 137 g/mol. The molecule has 1 aromatic heterocycles. The molecule has 0 aliphatic rings. The topological polar surface area (TPSA) is 26.0 Å². The van der Waals surface area contributed by atoms with Gasteiger partial charge in [-0.05, 0) is 11.4 Å². The minimum absolute atomic E-state index is 0.440. The first-order valence-electron chi connectivity index (χ1n) is 2.64. The second-order valence-electron chi connectivity index (χ2n) is 1.52. The van der Waals surface area contributed by atoms with Crippen molar-refractivity contribution in [2.75, 3.05) is 6.54 Å². The van der Waals surface area contributed by atoms with Crippen molar-refractivity contribution in [2.24, 2.45) is 5.73 Å². The molecular weight excluding hydrogens is 130 g/mol. The lowest BCUT2D eigenvalue weighted by atomic mass is 10.3. The van der Waals surface area contributed by atoms with E-state index in [0.717, 1.165) is 5.56 Å². The van der Waals surface area contributed by atoms with Crippen LogP contribution in [0.5, 0.6) is 0 Å². The van der Waals surface area contributed by atoms with Crippen LogP contribution in [0.1, 0.15) is 5.56 Å². The minimum Gasteiger partial charge on any atom is -0.320 e. The van der Waals surface area contributed by atoms with Gasteiger partial charge in [0.05, 0.1) is 6.54 Å². The normalized spacial score (nSPS) is 8.11. The molecule has 1 heterocycles. The Labute approximate surface area is 58.5 Å². The molecule has 46 valence electrons. The maximum Gasteiger partial charge on any atom is 0.0555 e. The summed E-state index contributed by atoms with van der Waals surface area (Å²) < 4.78 is 0. The number of hydrogen-bond donors (Lipinski definition) is 1. The molecule has 0 amide bonds. The Bertz CT molecular complexity index is 215. The second-order valence-corrected chi connectivity index (χ2v) is 2.30. The Morgan fingerprint density at radius 2 is 2.56 bits per heavy atom. The molecule has 0 aliphatic carbocycles. The van der Waals surface area contributed by atoms with E-state index in [1.54, 1.807) is 11.3 Å². The zero-order valence-electron chi connectivity index (χ0n) is 4.92. The summed E-state index contributed by atoms with van der Waals surface area (Å²) in [6.07, 6.45) is 0. The smallest absolute Gasteiger partial charge is 0.0555 e. The maximum atomic E-state index is 5.17. The van der Waals surface area contributed by atoms with Gasteiger partial charge >= 0.3 is 0 Å². The molecule has 0 fully saturated rings. The van der Waals surface area contributed by atoms with Crippen molar-refractivity contribution in [2.45, 2.75) is 0 Å². The van der Waals surface area contributed by atoms with E-state index >= 15 is 0 Å². The molecule has 0 saturated carbocycles. The van der Waals surface area contributed by atoms with Crippen LogP contribution in [0.2, 0.25) is 0 Å². The molecule has 9 heavy (non-hydrogen) atoms. The summed E-state index contributed by atoms with van der Waals surface area (Å²) in [7, 11) is 0. The highest BCUT2D eigenvalue weighted by Gasteiger charge is 1.80. The lowest BCUT2D eigenvalue weighted by Gasteiger charge is -1.73. The lowest BCUT2D eigenvalue weighted by molar-refractivity contribution is 1.30. The standard InChI is InChI=1S/C7H7NS/c8-4-1-2-7-3-5-9-6-7/h3,5-6H,4,8H2. The van der Waals surface area contributed by atoms with Crippen LogP contribution in [-0.4, -0.2) is 6.54 Å². The molecule has 0 bridgehead atoms. The highest BCUT2D eigenvalue weighted by molar-refractivity contribution is 7.08. The third-order valence-electron chi connectivity index (χ3n) is 0.856. The molecule has 0 unspecified atom stereocenters. The molecule has 2 heteroatoms. The van der Waals surface area contributed by atoms with Gasteiger partial charge in [-0.1, -0.05) is 11.8 Å². The Balaban J connectivity index is 2.67. The fourth-order valence-corrected chi connectivity index (χ4v) is 1.08. The first-order chi connectivity index (χ1) is 4.43. The maximum absolute atomic E-state index is 5.17. The van der Waals surface area contributed by atoms with Gasteiger partial charge in [-0.3, -0.25) is 0 Å². The SMILES string of the molecule is NCC#Cc1ccsc1. The lowest BCUT2D eigenvalue weighted by Crippen LogP contribution is -1.92. The van der Waals surface area contributed by atoms with Crippen LogP contribution in [0, 0.1) is 11.8 Å². The van der Waals surface area contributed by atoms with Crippen LogP contribution in [0.4, 0.5) is 0 Å². The van der Waals surface area contributed by atoms with E-state index in [2.05, 4.69) is 11.8 Å². The van der Waals surface area contributed by atoms with Gasteiger partial charge in [0.2, 0.25) is 0 Å². The van der Waals surface area contributed by atoms with Gasteiger partial charge in [-0.15, -0.1) is 0 Å². The number of nitrogens with two attached hydrogens (primary N) is 1. The molecule has 0 aromatic carbocycles. The van der Waals surface area contributed by atoms with E-state index in [0.29, 0.717) is 6.54 Å². The fourth-order valence-electron chi connectivity index (χ4n) is 0.489. The average molecular weight is 137 g/mol. The Morgan fingerprint density at radius 1 is 1.67 bits per heavy atom. The summed E-state index contributed by atoms with van der Waals surface area (Å²) >= 11 is 1.65. The molecule has 1 rings (SSSR count). The van der Waals surface area contributed by atoms with Crippen LogP contribution >= 0.6 is 11.3 Å². The zero-order chi connectivity index (χ0) is 6.53. The molecule has 0 spiro atoms. The predicted molar refractivity (Wildman–Crippen MR) is 40.3 cm³/mol. The van der Waals surface area contributed by atoms with Crippen molar-refractivity contribution in [1.82, 2.24) is 0 Å². The summed E-state index contributed by atoms with van der Waals surface area (Å²) in [5.74, 6) is 5.69. The van der Waals surface area contributed by atoms with E-state index in [9.17, 15) is 0 Å². The molecular formula is C7H7NS. The molecule has 1 nitrogen and oxygen atoms in total. The summed E-state index contributed by atoms with van der Waals surface area (Å²) in [4.78, 5) is 0. The summed E-state index contributed by atoms with van der Waals surface area (Å²) in [5, 5.41) is 4.00. The minimum atomic E-state index is 0.440. The van der Waals surface area contributed by atoms with Crippen LogP contribution < -0.4 is 5.73 Å². The number of rotatable bonds is 0. The van der Waals surface area contributed by atoms with Crippen LogP contribution in [0.3, 0.4) is 0 Å². The molecule has 0 atom stereocenters. The van der Waals surface area contributed by atoms with E-state index in [1.807, 2.05) is 16.8 Å². The highest BCUT2D eigenvalue weighted by Crippen LogP contribution is 2.02. The van der Waals surface area contributed by atoms with Gasteiger partial charge in [-0.25, -0.2) is 0 Å². The second kappa shape index (κ2) is 3.29. The Hall–Kier alpha value is -0.780. The van der Waals surface area contributed by atoms with Gasteiger partial charge in [0.1, 0.15) is 0 Å². The van der Waals surface area contributed by atoms with Crippen molar-refractivity contribution >= 4 is 11.3 Å². The van der Waals surface area contributed by atoms with Gasteiger partial charge < -0.3 is 5.73 Å². The molecule has 0 radical (unpaired) electrons.